The molecule has 0 radical (unpaired) electrons. The number of halogens is 1. The number of carbonyl (C=O) groups excluding carboxylic acids is 1. The number of hydrogen-bond acceptors (Lipinski definition) is 4. The summed E-state index contributed by atoms with van der Waals surface area (Å²) in [6.07, 6.45) is 3.24. The molecule has 1 saturated heterocycles. The second-order valence-electron chi connectivity index (χ2n) is 5.87. The Morgan fingerprint density at radius 2 is 2.00 bits per heavy atom. The van der Waals surface area contributed by atoms with Crippen molar-refractivity contribution < 1.29 is 13.2 Å². The highest BCUT2D eigenvalue weighted by Crippen LogP contribution is 2.17. The molecule has 3 N–H and O–H groups in total. The topological polar surface area (TPSA) is 87.3 Å². The Morgan fingerprint density at radius 3 is 2.58 bits per heavy atom. The first-order valence-corrected chi connectivity index (χ1v) is 9.60. The molecule has 24 heavy (non-hydrogen) atoms. The highest BCUT2D eigenvalue weighted by atomic mass is 35.5. The van der Waals surface area contributed by atoms with Crippen LogP contribution < -0.4 is 15.4 Å². The van der Waals surface area contributed by atoms with Gasteiger partial charge in [0.2, 0.25) is 15.9 Å². The van der Waals surface area contributed by atoms with E-state index in [0.29, 0.717) is 24.6 Å². The summed E-state index contributed by atoms with van der Waals surface area (Å²) in [5.41, 5.74) is 0.619. The van der Waals surface area contributed by atoms with Gasteiger partial charge in [-0.05, 0) is 62.5 Å². The van der Waals surface area contributed by atoms with Gasteiger partial charge in [-0.15, -0.1) is 12.4 Å². The van der Waals surface area contributed by atoms with Gasteiger partial charge in [0.15, 0.2) is 0 Å². The molecule has 1 atom stereocenters. The lowest BCUT2D eigenvalue weighted by Gasteiger charge is -2.10. The van der Waals surface area contributed by atoms with Crippen molar-refractivity contribution in [2.24, 2.45) is 5.92 Å². The van der Waals surface area contributed by atoms with Crippen molar-refractivity contribution in [3.05, 3.63) is 24.3 Å². The summed E-state index contributed by atoms with van der Waals surface area (Å²) >= 11 is 0. The summed E-state index contributed by atoms with van der Waals surface area (Å²) < 4.78 is 26.5. The number of rotatable bonds is 8. The predicted octanol–water partition coefficient (Wildman–Crippen LogP) is 2.12. The zero-order valence-corrected chi connectivity index (χ0v) is 15.5. The van der Waals surface area contributed by atoms with Crippen LogP contribution in [-0.4, -0.2) is 34.0 Å². The van der Waals surface area contributed by atoms with Crippen LogP contribution in [0.2, 0.25) is 0 Å². The average Bonchev–Trinajstić information content (AvgIpc) is 3.05. The molecule has 0 spiro atoms. The standard InChI is InChI=1S/C16H25N3O3S.ClH/c1-2-10-18-23(21,22)15-6-4-14(5-7-15)19-16(20)8-3-13-9-11-17-12-13;/h4-7,13,17-18H,2-3,8-12H2,1H3,(H,19,20);1H. The maximum atomic E-state index is 12.0. The lowest BCUT2D eigenvalue weighted by molar-refractivity contribution is -0.116. The molecular weight excluding hydrogens is 350 g/mol. The van der Waals surface area contributed by atoms with Crippen LogP contribution in [0.25, 0.3) is 0 Å². The van der Waals surface area contributed by atoms with Crippen LogP contribution >= 0.6 is 12.4 Å². The third-order valence-electron chi connectivity index (χ3n) is 3.93. The number of benzene rings is 1. The first-order chi connectivity index (χ1) is 11.0. The van der Waals surface area contributed by atoms with E-state index in [1.54, 1.807) is 12.1 Å². The van der Waals surface area contributed by atoms with Crippen molar-refractivity contribution in [2.75, 3.05) is 25.0 Å². The molecule has 0 aliphatic carbocycles. The number of nitrogens with one attached hydrogen (secondary N) is 3. The van der Waals surface area contributed by atoms with Crippen molar-refractivity contribution in [3.63, 3.8) is 0 Å². The monoisotopic (exact) mass is 375 g/mol. The second-order valence-corrected chi connectivity index (χ2v) is 7.63. The van der Waals surface area contributed by atoms with Gasteiger partial charge < -0.3 is 10.6 Å². The minimum absolute atomic E-state index is 0. The molecule has 1 amide bonds. The van der Waals surface area contributed by atoms with Gasteiger partial charge in [0.1, 0.15) is 0 Å². The van der Waals surface area contributed by atoms with Crippen molar-refractivity contribution in [1.29, 1.82) is 0 Å². The fraction of sp³-hybridized carbons (Fsp3) is 0.562. The van der Waals surface area contributed by atoms with Crippen LogP contribution in [0.3, 0.4) is 0 Å². The van der Waals surface area contributed by atoms with E-state index in [2.05, 4.69) is 15.4 Å². The summed E-state index contributed by atoms with van der Waals surface area (Å²) in [4.78, 5) is 12.1. The molecule has 0 aromatic heterocycles. The molecule has 6 nitrogen and oxygen atoms in total. The molecule has 1 aliphatic heterocycles. The first-order valence-electron chi connectivity index (χ1n) is 8.11. The van der Waals surface area contributed by atoms with Gasteiger partial charge in [-0.3, -0.25) is 4.79 Å². The van der Waals surface area contributed by atoms with Gasteiger partial charge in [-0.2, -0.15) is 0 Å². The Bertz CT molecular complexity index is 614. The van der Waals surface area contributed by atoms with Crippen LogP contribution in [0.5, 0.6) is 0 Å². The summed E-state index contributed by atoms with van der Waals surface area (Å²) in [7, 11) is -3.46. The zero-order valence-electron chi connectivity index (χ0n) is 13.9. The van der Waals surface area contributed by atoms with Crippen LogP contribution in [0.15, 0.2) is 29.2 Å². The molecule has 1 aliphatic rings. The Labute approximate surface area is 150 Å². The van der Waals surface area contributed by atoms with Crippen LogP contribution in [0.4, 0.5) is 5.69 Å². The second kappa shape index (κ2) is 9.98. The van der Waals surface area contributed by atoms with Crippen LogP contribution in [-0.2, 0) is 14.8 Å². The van der Waals surface area contributed by atoms with E-state index in [4.69, 9.17) is 0 Å². The van der Waals surface area contributed by atoms with Gasteiger partial charge in [-0.1, -0.05) is 6.92 Å². The van der Waals surface area contributed by atoms with Gasteiger partial charge in [-0.25, -0.2) is 13.1 Å². The number of hydrogen-bond donors (Lipinski definition) is 3. The van der Waals surface area contributed by atoms with Gasteiger partial charge in [0.25, 0.3) is 0 Å². The average molecular weight is 376 g/mol. The van der Waals surface area contributed by atoms with E-state index in [9.17, 15) is 13.2 Å². The smallest absolute Gasteiger partial charge is 0.240 e. The number of carbonyl (C=O) groups is 1. The zero-order chi connectivity index (χ0) is 16.7. The summed E-state index contributed by atoms with van der Waals surface area (Å²) in [5, 5.41) is 6.10. The minimum Gasteiger partial charge on any atom is -0.326 e. The molecule has 1 heterocycles. The van der Waals surface area contributed by atoms with E-state index in [1.165, 1.54) is 12.1 Å². The molecule has 0 saturated carbocycles. The molecule has 1 aromatic carbocycles. The van der Waals surface area contributed by atoms with Gasteiger partial charge in [0, 0.05) is 18.7 Å². The largest absolute Gasteiger partial charge is 0.326 e. The van der Waals surface area contributed by atoms with E-state index in [0.717, 1.165) is 32.4 Å². The lowest BCUT2D eigenvalue weighted by atomic mass is 10.0. The Kier molecular flexibility index (Phi) is 8.69. The number of amides is 1. The Hall–Kier alpha value is -1.15. The van der Waals surface area contributed by atoms with Crippen molar-refractivity contribution >= 4 is 34.0 Å². The maximum absolute atomic E-state index is 12.0. The molecular formula is C16H26ClN3O3S. The van der Waals surface area contributed by atoms with E-state index in [1.807, 2.05) is 6.92 Å². The minimum atomic E-state index is -3.46. The number of anilines is 1. The predicted molar refractivity (Wildman–Crippen MR) is 98.0 cm³/mol. The fourth-order valence-corrected chi connectivity index (χ4v) is 3.69. The summed E-state index contributed by atoms with van der Waals surface area (Å²) in [5.74, 6) is 0.550. The number of sulfonamides is 1. The third-order valence-corrected chi connectivity index (χ3v) is 5.41. The Morgan fingerprint density at radius 1 is 1.29 bits per heavy atom. The fourth-order valence-electron chi connectivity index (χ4n) is 2.56. The van der Waals surface area contributed by atoms with Gasteiger partial charge >= 0.3 is 0 Å². The van der Waals surface area contributed by atoms with Crippen molar-refractivity contribution in [3.8, 4) is 0 Å². The quantitative estimate of drug-likeness (QED) is 0.649. The highest BCUT2D eigenvalue weighted by molar-refractivity contribution is 7.89. The molecule has 8 heteroatoms. The molecule has 1 unspecified atom stereocenters. The third kappa shape index (κ3) is 6.39. The van der Waals surface area contributed by atoms with Crippen LogP contribution in [0, 0.1) is 5.92 Å². The molecule has 1 fully saturated rings. The molecule has 0 bridgehead atoms. The van der Waals surface area contributed by atoms with E-state index in [-0.39, 0.29) is 23.2 Å². The van der Waals surface area contributed by atoms with E-state index < -0.39 is 10.0 Å². The molecule has 1 aromatic rings. The normalized spacial score (nSPS) is 17.3. The maximum Gasteiger partial charge on any atom is 0.240 e. The van der Waals surface area contributed by atoms with Crippen molar-refractivity contribution in [2.45, 2.75) is 37.5 Å². The van der Waals surface area contributed by atoms with Crippen molar-refractivity contribution in [1.82, 2.24) is 10.0 Å². The molecule has 136 valence electrons. The Balaban J connectivity index is 0.00000288. The molecule has 2 rings (SSSR count). The summed E-state index contributed by atoms with van der Waals surface area (Å²) in [6.45, 7) is 4.35. The SMILES string of the molecule is CCCNS(=O)(=O)c1ccc(NC(=O)CCC2CCNC2)cc1.Cl. The lowest BCUT2D eigenvalue weighted by Crippen LogP contribution is -2.24. The summed E-state index contributed by atoms with van der Waals surface area (Å²) in [6, 6.07) is 6.26. The van der Waals surface area contributed by atoms with Crippen LogP contribution in [0.1, 0.15) is 32.6 Å². The first kappa shape index (κ1) is 20.9. The van der Waals surface area contributed by atoms with E-state index >= 15 is 0 Å². The highest BCUT2D eigenvalue weighted by Gasteiger charge is 2.16. The van der Waals surface area contributed by atoms with Gasteiger partial charge in [0.05, 0.1) is 4.90 Å².